The zero-order chi connectivity index (χ0) is 30.5. The van der Waals surface area contributed by atoms with Crippen LogP contribution in [0.2, 0.25) is 0 Å². The number of carbonyl (C=O) groups is 4. The Balaban J connectivity index is 3.50. The van der Waals surface area contributed by atoms with E-state index >= 15 is 0 Å². The van der Waals surface area contributed by atoms with E-state index in [2.05, 4.69) is 17.6 Å². The summed E-state index contributed by atoms with van der Waals surface area (Å²) in [6.07, 6.45) is 2.24. The fourth-order valence-corrected chi connectivity index (χ4v) is 4.44. The van der Waals surface area contributed by atoms with Gasteiger partial charge in [-0.3, -0.25) is 14.4 Å². The number of ether oxygens (including phenoxy) is 2. The first-order valence-corrected chi connectivity index (χ1v) is 14.5. The van der Waals surface area contributed by atoms with Crippen molar-refractivity contribution < 1.29 is 28.7 Å². The minimum absolute atomic E-state index is 0.0269. The molecule has 0 fully saturated rings. The summed E-state index contributed by atoms with van der Waals surface area (Å²) in [5, 5.41) is 5.62. The molecule has 3 amide bonds. The Kier molecular flexibility index (Phi) is 14.7. The van der Waals surface area contributed by atoms with Crippen molar-refractivity contribution in [1.29, 1.82) is 0 Å². The third-order valence-corrected chi connectivity index (χ3v) is 6.20. The maximum Gasteiger partial charge on any atom is 0.408 e. The number of nitrogens with zero attached hydrogens (tertiary/aromatic N) is 1. The van der Waals surface area contributed by atoms with Crippen molar-refractivity contribution in [3.05, 3.63) is 34.9 Å². The van der Waals surface area contributed by atoms with Crippen molar-refractivity contribution in [2.75, 3.05) is 19.7 Å². The van der Waals surface area contributed by atoms with E-state index in [1.54, 1.807) is 32.6 Å². The van der Waals surface area contributed by atoms with Gasteiger partial charge < -0.3 is 25.0 Å². The molecule has 1 aromatic carbocycles. The molecular weight excluding hydrogens is 510 g/mol. The Morgan fingerprint density at radius 3 is 2.25 bits per heavy atom. The fraction of sp³-hybridized carbons (Fsp3) is 0.677. The van der Waals surface area contributed by atoms with Crippen LogP contribution in [0, 0.1) is 19.8 Å². The second-order valence-corrected chi connectivity index (χ2v) is 11.7. The van der Waals surface area contributed by atoms with E-state index in [1.807, 2.05) is 45.9 Å². The molecular formula is C31H51N3O6. The molecule has 0 spiro atoms. The Morgan fingerprint density at radius 1 is 1.02 bits per heavy atom. The van der Waals surface area contributed by atoms with Gasteiger partial charge in [0.25, 0.3) is 0 Å². The van der Waals surface area contributed by atoms with Crippen molar-refractivity contribution in [2.45, 2.75) is 112 Å². The van der Waals surface area contributed by atoms with Crippen molar-refractivity contribution >= 4 is 23.9 Å². The van der Waals surface area contributed by atoms with Gasteiger partial charge in [0.2, 0.25) is 11.8 Å². The molecule has 0 aliphatic heterocycles. The number of alkyl carbamates (subject to hydrolysis) is 1. The molecule has 0 aliphatic carbocycles. The zero-order valence-corrected chi connectivity index (χ0v) is 26.0. The molecule has 0 saturated carbocycles. The molecule has 0 bridgehead atoms. The second-order valence-electron chi connectivity index (χ2n) is 11.7. The molecule has 1 rings (SSSR count). The molecule has 0 heterocycles. The van der Waals surface area contributed by atoms with Crippen LogP contribution >= 0.6 is 0 Å². The topological polar surface area (TPSA) is 114 Å². The number of unbranched alkanes of at least 4 members (excludes halogenated alkanes) is 2. The lowest BCUT2D eigenvalue weighted by molar-refractivity contribution is -0.144. The average molecular weight is 562 g/mol. The number of esters is 1. The quantitative estimate of drug-likeness (QED) is 0.220. The number of hydrogen-bond acceptors (Lipinski definition) is 6. The molecule has 226 valence electrons. The number of amides is 3. The van der Waals surface area contributed by atoms with Crippen LogP contribution in [-0.2, 0) is 23.9 Å². The van der Waals surface area contributed by atoms with Gasteiger partial charge in [0.05, 0.1) is 13.0 Å². The molecule has 0 radical (unpaired) electrons. The lowest BCUT2D eigenvalue weighted by Gasteiger charge is -2.35. The van der Waals surface area contributed by atoms with Gasteiger partial charge in [-0.25, -0.2) is 4.79 Å². The van der Waals surface area contributed by atoms with Gasteiger partial charge in [0, 0.05) is 13.1 Å². The highest BCUT2D eigenvalue weighted by Gasteiger charge is 2.37. The molecule has 1 aromatic rings. The summed E-state index contributed by atoms with van der Waals surface area (Å²) >= 11 is 0. The molecule has 2 unspecified atom stereocenters. The molecule has 9 nitrogen and oxygen atoms in total. The smallest absolute Gasteiger partial charge is 0.408 e. The van der Waals surface area contributed by atoms with Gasteiger partial charge in [-0.2, -0.15) is 0 Å². The van der Waals surface area contributed by atoms with E-state index in [1.165, 1.54) is 0 Å². The molecule has 0 aliphatic rings. The number of nitrogens with one attached hydrogen (secondary N) is 2. The highest BCUT2D eigenvalue weighted by molar-refractivity contribution is 5.92. The highest BCUT2D eigenvalue weighted by atomic mass is 16.6. The van der Waals surface area contributed by atoms with Crippen molar-refractivity contribution in [3.8, 4) is 0 Å². The number of hydrogen-bond donors (Lipinski definition) is 2. The summed E-state index contributed by atoms with van der Waals surface area (Å²) in [5.74, 6) is -1.04. The first-order chi connectivity index (χ1) is 18.7. The zero-order valence-electron chi connectivity index (χ0n) is 26.0. The van der Waals surface area contributed by atoms with Gasteiger partial charge in [0.1, 0.15) is 17.7 Å². The normalized spacial score (nSPS) is 12.8. The largest absolute Gasteiger partial charge is 0.466 e. The Hall–Kier alpha value is -3.10. The van der Waals surface area contributed by atoms with Crippen molar-refractivity contribution in [3.63, 3.8) is 0 Å². The van der Waals surface area contributed by atoms with Crippen LogP contribution in [-0.4, -0.2) is 60.1 Å². The Morgan fingerprint density at radius 2 is 1.70 bits per heavy atom. The highest BCUT2D eigenvalue weighted by Crippen LogP contribution is 2.28. The van der Waals surface area contributed by atoms with E-state index in [4.69, 9.17) is 9.47 Å². The van der Waals surface area contributed by atoms with E-state index in [-0.39, 0.29) is 37.3 Å². The Bertz CT molecular complexity index is 986. The minimum Gasteiger partial charge on any atom is -0.466 e. The van der Waals surface area contributed by atoms with E-state index in [0.717, 1.165) is 24.0 Å². The summed E-state index contributed by atoms with van der Waals surface area (Å²) in [6.45, 7) is 17.6. The van der Waals surface area contributed by atoms with Crippen LogP contribution in [0.25, 0.3) is 0 Å². The molecule has 40 heavy (non-hydrogen) atoms. The van der Waals surface area contributed by atoms with Crippen LogP contribution in [0.15, 0.2) is 18.2 Å². The molecule has 2 N–H and O–H groups in total. The van der Waals surface area contributed by atoms with Gasteiger partial charge in [-0.15, -0.1) is 0 Å². The third-order valence-electron chi connectivity index (χ3n) is 6.20. The van der Waals surface area contributed by atoms with Gasteiger partial charge in [-0.1, -0.05) is 57.4 Å². The van der Waals surface area contributed by atoms with Crippen LogP contribution in [0.1, 0.15) is 103 Å². The number of carbonyl (C=O) groups excluding carboxylic acids is 4. The standard InChI is InChI=1S/C31H51N3O6/c1-10-12-13-18-34(29(37)25(19-21(3)4)33-30(38)40-31(7,8)9)27(24-15-14-22(5)20-23(24)6)28(36)32-17-16-26(35)39-11-2/h14-15,20-21,25,27H,10-13,16-19H2,1-9H3,(H,32,36)(H,33,38). The van der Waals surface area contributed by atoms with Crippen LogP contribution in [0.4, 0.5) is 4.79 Å². The molecule has 0 aromatic heterocycles. The van der Waals surface area contributed by atoms with E-state index in [0.29, 0.717) is 24.9 Å². The summed E-state index contributed by atoms with van der Waals surface area (Å²) < 4.78 is 10.4. The van der Waals surface area contributed by atoms with Crippen LogP contribution in [0.5, 0.6) is 0 Å². The maximum absolute atomic E-state index is 14.2. The van der Waals surface area contributed by atoms with Crippen LogP contribution in [0.3, 0.4) is 0 Å². The number of benzene rings is 1. The number of aryl methyl sites for hydroxylation is 2. The maximum atomic E-state index is 14.2. The molecule has 2 atom stereocenters. The summed E-state index contributed by atoms with van der Waals surface area (Å²) in [7, 11) is 0. The average Bonchev–Trinajstić information content (AvgIpc) is 2.82. The lowest BCUT2D eigenvalue weighted by Crippen LogP contribution is -2.53. The van der Waals surface area contributed by atoms with Crippen molar-refractivity contribution in [1.82, 2.24) is 15.5 Å². The van der Waals surface area contributed by atoms with Gasteiger partial charge in [-0.05, 0) is 71.4 Å². The van der Waals surface area contributed by atoms with Gasteiger partial charge in [0.15, 0.2) is 0 Å². The summed E-state index contributed by atoms with van der Waals surface area (Å²) in [5.41, 5.74) is 1.89. The first-order valence-electron chi connectivity index (χ1n) is 14.5. The summed E-state index contributed by atoms with van der Waals surface area (Å²) in [4.78, 5) is 54.2. The number of rotatable bonds is 15. The van der Waals surface area contributed by atoms with Crippen LogP contribution < -0.4 is 10.6 Å². The monoisotopic (exact) mass is 561 g/mol. The molecule has 9 heteroatoms. The second kappa shape index (κ2) is 16.9. The van der Waals surface area contributed by atoms with Gasteiger partial charge >= 0.3 is 12.1 Å². The fourth-order valence-electron chi connectivity index (χ4n) is 4.44. The molecule has 0 saturated heterocycles. The Labute approximate surface area is 240 Å². The SMILES string of the molecule is CCCCCN(C(=O)C(CC(C)C)NC(=O)OC(C)(C)C)C(C(=O)NCCC(=O)OCC)c1ccc(C)cc1C. The van der Waals surface area contributed by atoms with E-state index < -0.39 is 29.7 Å². The predicted octanol–water partition coefficient (Wildman–Crippen LogP) is 5.37. The minimum atomic E-state index is -0.942. The first kappa shape index (κ1) is 34.9. The lowest BCUT2D eigenvalue weighted by atomic mass is 9.95. The third kappa shape index (κ3) is 12.4. The summed E-state index contributed by atoms with van der Waals surface area (Å²) in [6, 6.07) is 3.95. The van der Waals surface area contributed by atoms with Crippen molar-refractivity contribution in [2.24, 2.45) is 5.92 Å². The predicted molar refractivity (Wildman–Crippen MR) is 157 cm³/mol. The van der Waals surface area contributed by atoms with E-state index in [9.17, 15) is 19.2 Å².